The molecule has 2 aliphatic heterocycles. The molecule has 4 rings (SSSR count). The van der Waals surface area contributed by atoms with Gasteiger partial charge >= 0.3 is 0 Å². The summed E-state index contributed by atoms with van der Waals surface area (Å²) >= 11 is 0. The molecule has 2 aliphatic rings. The number of hydrogen-bond acceptors (Lipinski definition) is 5. The van der Waals surface area contributed by atoms with Gasteiger partial charge in [-0.05, 0) is 43.9 Å². The summed E-state index contributed by atoms with van der Waals surface area (Å²) in [7, 11) is 0. The van der Waals surface area contributed by atoms with E-state index in [1.54, 1.807) is 12.3 Å². The summed E-state index contributed by atoms with van der Waals surface area (Å²) in [5, 5.41) is 4.93. The summed E-state index contributed by atoms with van der Waals surface area (Å²) in [5.41, 5.74) is 5.89. The topological polar surface area (TPSA) is 97.5 Å². The molecule has 1 aromatic heterocycles. The molecule has 28 heavy (non-hydrogen) atoms. The molecule has 2 saturated heterocycles. The van der Waals surface area contributed by atoms with E-state index in [2.05, 4.69) is 22.1 Å². The molecule has 2 amide bonds. The summed E-state index contributed by atoms with van der Waals surface area (Å²) in [4.78, 5) is 30.7. The van der Waals surface area contributed by atoms with Crippen molar-refractivity contribution in [3.05, 3.63) is 30.0 Å². The standard InChI is InChI=1S/C21H26N4O3/c1-4-21-9-18(26)24-17(21)10-25(11-21)20-14-8-16(28-12(2)3)15(19(22)27)7-13(14)5-6-23-20/h5-8,12,17H,4,9-11H2,1-3H3,(H2,22,27)(H,24,26). The predicted octanol–water partition coefficient (Wildman–Crippen LogP) is 2.23. The second kappa shape index (κ2) is 6.65. The fraction of sp³-hybridized carbons (Fsp3) is 0.476. The predicted molar refractivity (Wildman–Crippen MR) is 108 cm³/mol. The maximum absolute atomic E-state index is 11.9. The molecule has 2 atom stereocenters. The van der Waals surface area contributed by atoms with E-state index in [-0.39, 0.29) is 23.5 Å². The van der Waals surface area contributed by atoms with Crippen LogP contribution in [0, 0.1) is 5.41 Å². The number of ether oxygens (including phenoxy) is 1. The fourth-order valence-electron chi connectivity index (χ4n) is 4.54. The van der Waals surface area contributed by atoms with Crippen molar-refractivity contribution in [1.29, 1.82) is 0 Å². The Labute approximate surface area is 164 Å². The van der Waals surface area contributed by atoms with Gasteiger partial charge in [0.1, 0.15) is 11.6 Å². The van der Waals surface area contributed by atoms with Crippen molar-refractivity contribution in [3.8, 4) is 5.75 Å². The Balaban J connectivity index is 1.78. The molecule has 0 saturated carbocycles. The lowest BCUT2D eigenvalue weighted by Crippen LogP contribution is -2.35. The summed E-state index contributed by atoms with van der Waals surface area (Å²) in [6, 6.07) is 5.65. The SMILES string of the molecule is CCC12CC(=O)NC1CN(c1nccc3cc(C(N)=O)c(OC(C)C)cc13)C2. The zero-order valence-corrected chi connectivity index (χ0v) is 16.5. The molecule has 2 unspecified atom stereocenters. The highest BCUT2D eigenvalue weighted by Crippen LogP contribution is 2.44. The van der Waals surface area contributed by atoms with Gasteiger partial charge in [0, 0.05) is 36.5 Å². The summed E-state index contributed by atoms with van der Waals surface area (Å²) in [5.74, 6) is 0.941. The lowest BCUT2D eigenvalue weighted by Gasteiger charge is -2.26. The number of carbonyl (C=O) groups is 2. The van der Waals surface area contributed by atoms with Crippen LogP contribution in [0.2, 0.25) is 0 Å². The zero-order valence-electron chi connectivity index (χ0n) is 16.5. The van der Waals surface area contributed by atoms with Crippen LogP contribution in [0.5, 0.6) is 5.75 Å². The molecule has 0 radical (unpaired) electrons. The van der Waals surface area contributed by atoms with Crippen LogP contribution >= 0.6 is 0 Å². The first-order valence-electron chi connectivity index (χ1n) is 9.76. The highest BCUT2D eigenvalue weighted by molar-refractivity contribution is 6.03. The smallest absolute Gasteiger partial charge is 0.252 e. The Kier molecular flexibility index (Phi) is 4.40. The minimum Gasteiger partial charge on any atom is -0.490 e. The number of fused-ring (bicyclic) bond motifs is 2. The van der Waals surface area contributed by atoms with E-state index >= 15 is 0 Å². The number of primary amides is 1. The summed E-state index contributed by atoms with van der Waals surface area (Å²) < 4.78 is 5.86. The molecule has 0 bridgehead atoms. The fourth-order valence-corrected chi connectivity index (χ4v) is 4.54. The Hall–Kier alpha value is -2.83. The molecule has 148 valence electrons. The second-order valence-corrected chi connectivity index (χ2v) is 8.13. The van der Waals surface area contributed by atoms with Gasteiger partial charge in [0.15, 0.2) is 0 Å². The van der Waals surface area contributed by atoms with E-state index in [1.165, 1.54) is 0 Å². The number of nitrogens with zero attached hydrogens (tertiary/aromatic N) is 2. The molecule has 2 fully saturated rings. The molecular formula is C21H26N4O3. The lowest BCUT2D eigenvalue weighted by atomic mass is 9.80. The van der Waals surface area contributed by atoms with Gasteiger partial charge in [0.05, 0.1) is 17.7 Å². The molecule has 3 N–H and O–H groups in total. The van der Waals surface area contributed by atoms with Gasteiger partial charge in [0.2, 0.25) is 5.91 Å². The van der Waals surface area contributed by atoms with Gasteiger partial charge in [-0.15, -0.1) is 0 Å². The van der Waals surface area contributed by atoms with Gasteiger partial charge in [-0.3, -0.25) is 9.59 Å². The highest BCUT2D eigenvalue weighted by atomic mass is 16.5. The number of carbonyl (C=O) groups excluding carboxylic acids is 2. The van der Waals surface area contributed by atoms with Crippen molar-refractivity contribution >= 4 is 28.4 Å². The van der Waals surface area contributed by atoms with Crippen molar-refractivity contribution in [2.45, 2.75) is 45.8 Å². The molecular weight excluding hydrogens is 356 g/mol. The van der Waals surface area contributed by atoms with Crippen LogP contribution in [0.15, 0.2) is 24.4 Å². The van der Waals surface area contributed by atoms with Crippen molar-refractivity contribution in [2.75, 3.05) is 18.0 Å². The third-order valence-electron chi connectivity index (χ3n) is 5.97. The third-order valence-corrected chi connectivity index (χ3v) is 5.97. The minimum absolute atomic E-state index is 0.0502. The van der Waals surface area contributed by atoms with Crippen LogP contribution in [0.3, 0.4) is 0 Å². The van der Waals surface area contributed by atoms with E-state index < -0.39 is 5.91 Å². The number of aromatic nitrogens is 1. The quantitative estimate of drug-likeness (QED) is 0.826. The Bertz CT molecular complexity index is 958. The van der Waals surface area contributed by atoms with Crippen LogP contribution in [-0.4, -0.2) is 42.0 Å². The average Bonchev–Trinajstić information content (AvgIpc) is 3.12. The third kappa shape index (κ3) is 2.95. The maximum atomic E-state index is 11.9. The second-order valence-electron chi connectivity index (χ2n) is 8.13. The van der Waals surface area contributed by atoms with Gasteiger partial charge in [-0.25, -0.2) is 4.98 Å². The number of anilines is 1. The maximum Gasteiger partial charge on any atom is 0.252 e. The molecule has 0 spiro atoms. The molecule has 1 aromatic carbocycles. The monoisotopic (exact) mass is 382 g/mol. The van der Waals surface area contributed by atoms with Gasteiger partial charge < -0.3 is 20.7 Å². The van der Waals surface area contributed by atoms with Crippen LogP contribution in [0.1, 0.15) is 44.0 Å². The molecule has 7 nitrogen and oxygen atoms in total. The van der Waals surface area contributed by atoms with E-state index in [0.717, 1.165) is 36.1 Å². The number of benzene rings is 1. The minimum atomic E-state index is -0.515. The van der Waals surface area contributed by atoms with Crippen LogP contribution in [0.25, 0.3) is 10.8 Å². The Morgan fingerprint density at radius 3 is 2.89 bits per heavy atom. The average molecular weight is 382 g/mol. The summed E-state index contributed by atoms with van der Waals surface area (Å²) in [6.45, 7) is 7.46. The zero-order chi connectivity index (χ0) is 20.1. The molecule has 7 heteroatoms. The highest BCUT2D eigenvalue weighted by Gasteiger charge is 2.52. The largest absolute Gasteiger partial charge is 0.490 e. The number of amides is 2. The summed E-state index contributed by atoms with van der Waals surface area (Å²) in [6.07, 6.45) is 3.16. The van der Waals surface area contributed by atoms with Crippen molar-refractivity contribution in [3.63, 3.8) is 0 Å². The number of rotatable bonds is 5. The first-order chi connectivity index (χ1) is 13.3. The van der Waals surface area contributed by atoms with Crippen molar-refractivity contribution in [1.82, 2.24) is 10.3 Å². The van der Waals surface area contributed by atoms with E-state index in [4.69, 9.17) is 10.5 Å². The number of nitrogens with two attached hydrogens (primary N) is 1. The lowest BCUT2D eigenvalue weighted by molar-refractivity contribution is -0.119. The number of pyridine rings is 1. The first-order valence-corrected chi connectivity index (χ1v) is 9.76. The van der Waals surface area contributed by atoms with Crippen molar-refractivity contribution in [2.24, 2.45) is 11.1 Å². The van der Waals surface area contributed by atoms with E-state index in [1.807, 2.05) is 26.0 Å². The van der Waals surface area contributed by atoms with Gasteiger partial charge in [-0.1, -0.05) is 6.92 Å². The molecule has 3 heterocycles. The Morgan fingerprint density at radius 2 is 2.25 bits per heavy atom. The normalized spacial score (nSPS) is 23.9. The van der Waals surface area contributed by atoms with E-state index in [0.29, 0.717) is 17.7 Å². The van der Waals surface area contributed by atoms with Crippen LogP contribution in [0.4, 0.5) is 5.82 Å². The van der Waals surface area contributed by atoms with Gasteiger partial charge in [-0.2, -0.15) is 0 Å². The first kappa shape index (κ1) is 18.5. The molecule has 2 aromatic rings. The Morgan fingerprint density at radius 1 is 1.46 bits per heavy atom. The van der Waals surface area contributed by atoms with Crippen LogP contribution < -0.4 is 20.7 Å². The van der Waals surface area contributed by atoms with Gasteiger partial charge in [0.25, 0.3) is 5.91 Å². The number of nitrogens with one attached hydrogen (secondary N) is 1. The van der Waals surface area contributed by atoms with Crippen LogP contribution in [-0.2, 0) is 4.79 Å². The van der Waals surface area contributed by atoms with Crippen molar-refractivity contribution < 1.29 is 14.3 Å². The molecule has 0 aliphatic carbocycles. The number of hydrogen-bond donors (Lipinski definition) is 2. The van der Waals surface area contributed by atoms with E-state index in [9.17, 15) is 9.59 Å².